The molecule has 6 aromatic rings. The third-order valence-electron chi connectivity index (χ3n) is 6.41. The van der Waals surface area contributed by atoms with Gasteiger partial charge in [0, 0.05) is 18.3 Å². The molecule has 0 aliphatic rings. The molecule has 34 heavy (non-hydrogen) atoms. The lowest BCUT2D eigenvalue weighted by molar-refractivity contribution is 1.48. The molecule has 0 fully saturated rings. The van der Waals surface area contributed by atoms with Gasteiger partial charge in [-0.1, -0.05) is 48.5 Å². The van der Waals surface area contributed by atoms with E-state index in [-0.39, 0.29) is 0 Å². The minimum Gasteiger partial charge on any atom is -0.192 e. The van der Waals surface area contributed by atoms with E-state index in [1.807, 2.05) is 48.5 Å². The summed E-state index contributed by atoms with van der Waals surface area (Å²) in [6.45, 7) is 0. The Balaban J connectivity index is 1.71. The van der Waals surface area contributed by atoms with Crippen LogP contribution in [-0.4, -0.2) is 0 Å². The van der Waals surface area contributed by atoms with Gasteiger partial charge < -0.3 is 0 Å². The van der Waals surface area contributed by atoms with Crippen molar-refractivity contribution in [3.8, 4) is 34.4 Å². The van der Waals surface area contributed by atoms with E-state index in [0.717, 1.165) is 11.1 Å². The molecule has 0 saturated heterocycles. The number of nitrogens with zero attached hydrogens (tertiary/aromatic N) is 2. The minimum absolute atomic E-state index is 0.665. The Bertz CT molecular complexity index is 1680. The molecule has 0 atom stereocenters. The molecule has 0 unspecified atom stereocenters. The molecule has 0 heterocycles. The van der Waals surface area contributed by atoms with Crippen LogP contribution in [0.15, 0.2) is 84.9 Å². The maximum atomic E-state index is 9.21. The van der Waals surface area contributed by atoms with Crippen LogP contribution >= 0.6 is 45.2 Å². The lowest BCUT2D eigenvalue weighted by Gasteiger charge is -2.19. The number of hydrogen-bond donors (Lipinski definition) is 0. The number of halogens is 2. The number of hydrogen-bond acceptors (Lipinski definition) is 2. The molecule has 158 valence electrons. The van der Waals surface area contributed by atoms with Gasteiger partial charge in [0.25, 0.3) is 0 Å². The van der Waals surface area contributed by atoms with Crippen molar-refractivity contribution in [1.29, 1.82) is 10.5 Å². The summed E-state index contributed by atoms with van der Waals surface area (Å²) in [5, 5.41) is 25.8. The van der Waals surface area contributed by atoms with Crippen LogP contribution in [0.4, 0.5) is 0 Å². The Hall–Kier alpha value is -3.20. The average Bonchev–Trinajstić information content (AvgIpc) is 2.87. The van der Waals surface area contributed by atoms with Crippen LogP contribution in [0, 0.1) is 29.8 Å². The maximum absolute atomic E-state index is 9.21. The largest absolute Gasteiger partial charge is 0.192 e. The van der Waals surface area contributed by atoms with E-state index in [1.54, 1.807) is 0 Å². The Morgan fingerprint density at radius 2 is 0.882 bits per heavy atom. The summed E-state index contributed by atoms with van der Waals surface area (Å²) in [6.07, 6.45) is 0. The third kappa shape index (κ3) is 3.25. The van der Waals surface area contributed by atoms with Gasteiger partial charge in [-0.25, -0.2) is 0 Å². The molecule has 0 aromatic heterocycles. The zero-order chi connectivity index (χ0) is 23.4. The van der Waals surface area contributed by atoms with E-state index in [1.165, 1.54) is 50.6 Å². The van der Waals surface area contributed by atoms with Crippen LogP contribution in [0.1, 0.15) is 11.1 Å². The molecule has 2 nitrogen and oxygen atoms in total. The summed E-state index contributed by atoms with van der Waals surface area (Å²) in [5.41, 5.74) is 5.96. The summed E-state index contributed by atoms with van der Waals surface area (Å²) in [4.78, 5) is 0. The molecule has 0 bridgehead atoms. The fourth-order valence-corrected chi connectivity index (χ4v) is 6.77. The average molecular weight is 656 g/mol. The lowest BCUT2D eigenvalue weighted by Crippen LogP contribution is -1.94. The molecule has 4 heteroatoms. The van der Waals surface area contributed by atoms with Crippen LogP contribution in [0.2, 0.25) is 0 Å². The molecule has 0 radical (unpaired) electrons. The summed E-state index contributed by atoms with van der Waals surface area (Å²) >= 11 is 4.85. The second-order valence-electron chi connectivity index (χ2n) is 8.27. The van der Waals surface area contributed by atoms with Gasteiger partial charge in [0.15, 0.2) is 0 Å². The van der Waals surface area contributed by atoms with Crippen molar-refractivity contribution in [3.05, 3.63) is 103 Å². The Morgan fingerprint density at radius 1 is 0.500 bits per heavy atom. The standard InChI is InChI=1S/C30H14I2N2/c31-25-13-21-9-10-22-14-26(32)28(20-7-3-18(16-34)4-8-20)24-12-11-23(29(21)30(22)24)27(25)19-5-1-17(15-33)2-6-19/h1-14H. The zero-order valence-electron chi connectivity index (χ0n) is 17.7. The van der Waals surface area contributed by atoms with Crippen LogP contribution in [0.3, 0.4) is 0 Å². The van der Waals surface area contributed by atoms with Crippen molar-refractivity contribution < 1.29 is 0 Å². The van der Waals surface area contributed by atoms with Gasteiger partial charge in [0.05, 0.1) is 23.3 Å². The molecule has 0 aliphatic carbocycles. The quantitative estimate of drug-likeness (QED) is 0.138. The van der Waals surface area contributed by atoms with E-state index in [4.69, 9.17) is 0 Å². The van der Waals surface area contributed by atoms with Gasteiger partial charge in [-0.3, -0.25) is 0 Å². The van der Waals surface area contributed by atoms with Gasteiger partial charge in [0.2, 0.25) is 0 Å². The molecule has 0 saturated carbocycles. The Kier molecular flexibility index (Phi) is 5.17. The van der Waals surface area contributed by atoms with Crippen LogP contribution in [0.25, 0.3) is 54.6 Å². The molecular weight excluding hydrogens is 642 g/mol. The molecule has 0 aliphatic heterocycles. The van der Waals surface area contributed by atoms with Gasteiger partial charge in [-0.2, -0.15) is 10.5 Å². The lowest BCUT2D eigenvalue weighted by atomic mass is 9.87. The summed E-state index contributed by atoms with van der Waals surface area (Å²) in [5.74, 6) is 0. The second-order valence-corrected chi connectivity index (χ2v) is 10.6. The van der Waals surface area contributed by atoms with Gasteiger partial charge >= 0.3 is 0 Å². The fourth-order valence-electron chi connectivity index (χ4n) is 4.89. The van der Waals surface area contributed by atoms with Gasteiger partial charge in [0.1, 0.15) is 0 Å². The molecule has 0 amide bonds. The van der Waals surface area contributed by atoms with Crippen molar-refractivity contribution in [1.82, 2.24) is 0 Å². The highest BCUT2D eigenvalue weighted by Gasteiger charge is 2.18. The minimum atomic E-state index is 0.665. The summed E-state index contributed by atoms with van der Waals surface area (Å²) in [7, 11) is 0. The first-order chi connectivity index (χ1) is 16.6. The molecular formula is C30H14I2N2. The van der Waals surface area contributed by atoms with E-state index in [9.17, 15) is 10.5 Å². The Morgan fingerprint density at radius 3 is 1.24 bits per heavy atom. The molecule has 6 aromatic carbocycles. The topological polar surface area (TPSA) is 47.6 Å². The summed E-state index contributed by atoms with van der Waals surface area (Å²) in [6, 6.07) is 33.5. The van der Waals surface area contributed by atoms with Gasteiger partial charge in [-0.15, -0.1) is 0 Å². The normalized spacial score (nSPS) is 11.2. The van der Waals surface area contributed by atoms with E-state index in [0.29, 0.717) is 11.1 Å². The van der Waals surface area contributed by atoms with Crippen LogP contribution < -0.4 is 0 Å². The monoisotopic (exact) mass is 656 g/mol. The first-order valence-electron chi connectivity index (χ1n) is 10.7. The second kappa shape index (κ2) is 8.23. The summed E-state index contributed by atoms with van der Waals surface area (Å²) < 4.78 is 2.38. The maximum Gasteiger partial charge on any atom is 0.0991 e. The first-order valence-corrected chi connectivity index (χ1v) is 12.9. The predicted octanol–water partition coefficient (Wildman–Crippen LogP) is 8.87. The number of rotatable bonds is 2. The highest BCUT2D eigenvalue weighted by atomic mass is 127. The van der Waals surface area contributed by atoms with E-state index in [2.05, 4.69) is 93.7 Å². The van der Waals surface area contributed by atoms with Crippen molar-refractivity contribution in [3.63, 3.8) is 0 Å². The zero-order valence-corrected chi connectivity index (χ0v) is 22.0. The third-order valence-corrected chi connectivity index (χ3v) is 8.11. The van der Waals surface area contributed by atoms with Crippen molar-refractivity contribution in [2.24, 2.45) is 0 Å². The molecule has 0 N–H and O–H groups in total. The first kappa shape index (κ1) is 21.3. The van der Waals surface area contributed by atoms with Crippen molar-refractivity contribution in [2.75, 3.05) is 0 Å². The van der Waals surface area contributed by atoms with Crippen LogP contribution in [0.5, 0.6) is 0 Å². The molecule has 6 rings (SSSR count). The van der Waals surface area contributed by atoms with Crippen LogP contribution in [-0.2, 0) is 0 Å². The highest BCUT2D eigenvalue weighted by molar-refractivity contribution is 14.1. The Labute approximate surface area is 224 Å². The number of nitriles is 2. The van der Waals surface area contributed by atoms with E-state index < -0.39 is 0 Å². The van der Waals surface area contributed by atoms with Gasteiger partial charge in [-0.05, 0) is 125 Å². The predicted molar refractivity (Wildman–Crippen MR) is 156 cm³/mol. The van der Waals surface area contributed by atoms with E-state index >= 15 is 0 Å². The highest BCUT2D eigenvalue weighted by Crippen LogP contribution is 2.45. The smallest absolute Gasteiger partial charge is 0.0991 e. The van der Waals surface area contributed by atoms with Crippen molar-refractivity contribution in [2.45, 2.75) is 0 Å². The van der Waals surface area contributed by atoms with Crippen molar-refractivity contribution >= 4 is 77.5 Å². The SMILES string of the molecule is N#Cc1ccc(-c2c(I)cc3ccc4cc(I)c(-c5ccc(C#N)cc5)c5ccc2c3c45)cc1. The number of benzene rings is 6. The molecule has 0 spiro atoms. The fraction of sp³-hybridized carbons (Fsp3) is 0.